The summed E-state index contributed by atoms with van der Waals surface area (Å²) in [4.78, 5) is 11.6. The zero-order valence-corrected chi connectivity index (χ0v) is 12.8. The number of aryl methyl sites for hydroxylation is 2. The van der Waals surface area contributed by atoms with E-state index in [4.69, 9.17) is 0 Å². The molecule has 0 aliphatic carbocycles. The molecule has 0 saturated heterocycles. The van der Waals surface area contributed by atoms with Gasteiger partial charge in [0, 0.05) is 31.0 Å². The van der Waals surface area contributed by atoms with E-state index in [9.17, 15) is 0 Å². The van der Waals surface area contributed by atoms with Crippen molar-refractivity contribution in [3.8, 4) is 0 Å². The molecule has 0 radical (unpaired) electrons. The van der Waals surface area contributed by atoms with Gasteiger partial charge in [0.25, 0.3) is 0 Å². The van der Waals surface area contributed by atoms with E-state index in [-0.39, 0.29) is 0 Å². The third kappa shape index (κ3) is 3.15. The molecule has 0 atom stereocenters. The summed E-state index contributed by atoms with van der Waals surface area (Å²) < 4.78 is 0. The highest BCUT2D eigenvalue weighted by molar-refractivity contribution is 5.54. The molecule has 0 amide bonds. The molecule has 4 nitrogen and oxygen atoms in total. The fraction of sp³-hybridized carbons (Fsp3) is 0.412. The van der Waals surface area contributed by atoms with Crippen LogP contribution in [0.25, 0.3) is 0 Å². The Kier molecular flexibility index (Phi) is 4.04. The molecule has 2 aromatic rings. The molecule has 110 valence electrons. The number of rotatable bonds is 3. The first-order chi connectivity index (χ1) is 10.3. The molecule has 0 spiro atoms. The van der Waals surface area contributed by atoms with Crippen LogP contribution in [0.4, 0.5) is 11.5 Å². The van der Waals surface area contributed by atoms with E-state index < -0.39 is 0 Å². The van der Waals surface area contributed by atoms with Crippen LogP contribution in [0.1, 0.15) is 29.9 Å². The normalized spacial score (nSPS) is 14.5. The van der Waals surface area contributed by atoms with Gasteiger partial charge in [-0.15, -0.1) is 0 Å². The molecule has 3 rings (SSSR count). The van der Waals surface area contributed by atoms with E-state index in [0.29, 0.717) is 0 Å². The first kappa shape index (κ1) is 13.9. The number of nitrogens with zero attached hydrogens (tertiary/aromatic N) is 3. The highest BCUT2D eigenvalue weighted by Gasteiger charge is 2.16. The third-order valence-corrected chi connectivity index (χ3v) is 3.95. The number of hydrogen-bond acceptors (Lipinski definition) is 4. The molecule has 1 N–H and O–H groups in total. The van der Waals surface area contributed by atoms with Gasteiger partial charge in [-0.2, -0.15) is 0 Å². The van der Waals surface area contributed by atoms with E-state index in [1.165, 1.54) is 30.5 Å². The molecule has 0 fully saturated rings. The summed E-state index contributed by atoms with van der Waals surface area (Å²) in [6.07, 6.45) is 3.65. The molecule has 2 heterocycles. The van der Waals surface area contributed by atoms with Gasteiger partial charge >= 0.3 is 0 Å². The summed E-state index contributed by atoms with van der Waals surface area (Å²) in [5.41, 5.74) is 3.79. The lowest BCUT2D eigenvalue weighted by Gasteiger charge is -2.24. The van der Waals surface area contributed by atoms with E-state index in [2.05, 4.69) is 44.5 Å². The van der Waals surface area contributed by atoms with Gasteiger partial charge in [0.05, 0.1) is 6.54 Å². The second-order valence-electron chi connectivity index (χ2n) is 5.57. The quantitative estimate of drug-likeness (QED) is 0.939. The molecule has 0 unspecified atom stereocenters. The fourth-order valence-electron chi connectivity index (χ4n) is 2.93. The molecule has 21 heavy (non-hydrogen) atoms. The summed E-state index contributed by atoms with van der Waals surface area (Å²) in [5, 5.41) is 3.11. The minimum Gasteiger partial charge on any atom is -0.373 e. The second kappa shape index (κ2) is 6.12. The number of hydrogen-bond donors (Lipinski definition) is 1. The van der Waals surface area contributed by atoms with Gasteiger partial charge in [-0.05, 0) is 37.8 Å². The molecular formula is C17H22N4. The number of fused-ring (bicyclic) bond motifs is 1. The number of anilines is 2. The molecule has 1 aromatic carbocycles. The maximum Gasteiger partial charge on any atom is 0.150 e. The Morgan fingerprint density at radius 2 is 2.05 bits per heavy atom. The van der Waals surface area contributed by atoms with Crippen LogP contribution in [0, 0.1) is 6.92 Å². The first-order valence-corrected chi connectivity index (χ1v) is 7.61. The maximum absolute atomic E-state index is 4.59. The van der Waals surface area contributed by atoms with Crippen LogP contribution in [0.15, 0.2) is 30.3 Å². The van der Waals surface area contributed by atoms with Crippen molar-refractivity contribution in [2.24, 2.45) is 0 Å². The summed E-state index contributed by atoms with van der Waals surface area (Å²) in [6, 6.07) is 10.7. The van der Waals surface area contributed by atoms with Crippen molar-refractivity contribution in [3.63, 3.8) is 0 Å². The van der Waals surface area contributed by atoms with E-state index in [1.807, 2.05) is 20.0 Å². The van der Waals surface area contributed by atoms with Crippen molar-refractivity contribution in [3.05, 3.63) is 47.4 Å². The largest absolute Gasteiger partial charge is 0.373 e. The van der Waals surface area contributed by atoms with Crippen molar-refractivity contribution in [2.75, 3.05) is 23.8 Å². The van der Waals surface area contributed by atoms with Gasteiger partial charge < -0.3 is 10.2 Å². The van der Waals surface area contributed by atoms with Crippen LogP contribution < -0.4 is 10.2 Å². The molecule has 1 aromatic heterocycles. The summed E-state index contributed by atoms with van der Waals surface area (Å²) in [5.74, 6) is 1.77. The lowest BCUT2D eigenvalue weighted by atomic mass is 10.1. The Morgan fingerprint density at radius 1 is 1.19 bits per heavy atom. The summed E-state index contributed by atoms with van der Waals surface area (Å²) in [7, 11) is 1.90. The lowest BCUT2D eigenvalue weighted by molar-refractivity contribution is 0.697. The average molecular weight is 282 g/mol. The van der Waals surface area contributed by atoms with E-state index in [1.54, 1.807) is 0 Å². The smallest absolute Gasteiger partial charge is 0.150 e. The SMILES string of the molecule is CNc1cc(C)nc(CN2CCCCc3ccccc32)n1. The van der Waals surface area contributed by atoms with Gasteiger partial charge in [-0.3, -0.25) is 0 Å². The predicted molar refractivity (Wildman–Crippen MR) is 86.7 cm³/mol. The van der Waals surface area contributed by atoms with Crippen LogP contribution in [0.3, 0.4) is 0 Å². The Bertz CT molecular complexity index is 624. The Morgan fingerprint density at radius 3 is 2.90 bits per heavy atom. The molecule has 0 saturated carbocycles. The Balaban J connectivity index is 1.89. The third-order valence-electron chi connectivity index (χ3n) is 3.95. The molecular weight excluding hydrogens is 260 g/mol. The zero-order chi connectivity index (χ0) is 14.7. The van der Waals surface area contributed by atoms with Crippen molar-refractivity contribution >= 4 is 11.5 Å². The van der Waals surface area contributed by atoms with Crippen molar-refractivity contribution in [2.45, 2.75) is 32.7 Å². The van der Waals surface area contributed by atoms with Crippen LogP contribution in [-0.2, 0) is 13.0 Å². The minimum atomic E-state index is 0.771. The van der Waals surface area contributed by atoms with Crippen LogP contribution in [0.2, 0.25) is 0 Å². The minimum absolute atomic E-state index is 0.771. The van der Waals surface area contributed by atoms with Crippen molar-refractivity contribution < 1.29 is 0 Å². The van der Waals surface area contributed by atoms with E-state index >= 15 is 0 Å². The molecule has 4 heteroatoms. The van der Waals surface area contributed by atoms with Crippen molar-refractivity contribution in [1.29, 1.82) is 0 Å². The van der Waals surface area contributed by atoms with E-state index in [0.717, 1.165) is 30.4 Å². The van der Waals surface area contributed by atoms with Crippen LogP contribution in [-0.4, -0.2) is 23.6 Å². The topological polar surface area (TPSA) is 41.1 Å². The van der Waals surface area contributed by atoms with Gasteiger partial charge in [0.1, 0.15) is 11.6 Å². The van der Waals surface area contributed by atoms with Gasteiger partial charge in [0.15, 0.2) is 0 Å². The second-order valence-corrected chi connectivity index (χ2v) is 5.57. The van der Waals surface area contributed by atoms with Crippen LogP contribution >= 0.6 is 0 Å². The molecule has 1 aliphatic rings. The molecule has 0 bridgehead atoms. The highest BCUT2D eigenvalue weighted by atomic mass is 15.2. The predicted octanol–water partition coefficient (Wildman–Crippen LogP) is 3.17. The number of aromatic nitrogens is 2. The number of para-hydroxylation sites is 1. The van der Waals surface area contributed by atoms with Gasteiger partial charge in [0.2, 0.25) is 0 Å². The Labute approximate surface area is 126 Å². The standard InChI is InChI=1S/C17H22N4/c1-13-11-16(18-2)20-17(19-13)12-21-10-6-5-8-14-7-3-4-9-15(14)21/h3-4,7,9,11H,5-6,8,10,12H2,1-2H3,(H,18,19,20). The average Bonchev–Trinajstić information content (AvgIpc) is 2.69. The number of benzene rings is 1. The fourth-order valence-corrected chi connectivity index (χ4v) is 2.93. The van der Waals surface area contributed by atoms with Gasteiger partial charge in [-0.1, -0.05) is 18.2 Å². The number of nitrogens with one attached hydrogen (secondary N) is 1. The maximum atomic E-state index is 4.59. The lowest BCUT2D eigenvalue weighted by Crippen LogP contribution is -2.25. The Hall–Kier alpha value is -2.10. The molecule has 1 aliphatic heterocycles. The summed E-state index contributed by atoms with van der Waals surface area (Å²) >= 11 is 0. The van der Waals surface area contributed by atoms with Gasteiger partial charge in [-0.25, -0.2) is 9.97 Å². The zero-order valence-electron chi connectivity index (χ0n) is 12.8. The van der Waals surface area contributed by atoms with Crippen LogP contribution in [0.5, 0.6) is 0 Å². The first-order valence-electron chi connectivity index (χ1n) is 7.61. The highest BCUT2D eigenvalue weighted by Crippen LogP contribution is 2.27. The summed E-state index contributed by atoms with van der Waals surface area (Å²) in [6.45, 7) is 3.86. The monoisotopic (exact) mass is 282 g/mol. The van der Waals surface area contributed by atoms with Crippen molar-refractivity contribution in [1.82, 2.24) is 9.97 Å².